The van der Waals surface area contributed by atoms with Crippen molar-refractivity contribution in [3.05, 3.63) is 64.7 Å². The molecule has 1 fully saturated rings. The topological polar surface area (TPSA) is 95.7 Å². The molecular formula is C23H27N3O3. The lowest BCUT2D eigenvalue weighted by Gasteiger charge is -2.37. The largest absolute Gasteiger partial charge is 0.392 e. The van der Waals surface area contributed by atoms with E-state index in [0.717, 1.165) is 60.3 Å². The second-order valence-corrected chi connectivity index (χ2v) is 7.91. The smallest absolute Gasteiger partial charge is 0.239 e. The van der Waals surface area contributed by atoms with Gasteiger partial charge in [0, 0.05) is 42.4 Å². The molecular weight excluding hydrogens is 366 g/mol. The van der Waals surface area contributed by atoms with Gasteiger partial charge >= 0.3 is 0 Å². The lowest BCUT2D eigenvalue weighted by Crippen LogP contribution is -2.45. The van der Waals surface area contributed by atoms with E-state index in [0.29, 0.717) is 6.42 Å². The third-order valence-corrected chi connectivity index (χ3v) is 6.08. The van der Waals surface area contributed by atoms with E-state index >= 15 is 0 Å². The maximum absolute atomic E-state index is 12.3. The number of carbonyl (C=O) groups excluding carboxylic acids is 2. The van der Waals surface area contributed by atoms with E-state index in [9.17, 15) is 14.7 Å². The molecule has 1 heterocycles. The van der Waals surface area contributed by atoms with Crippen molar-refractivity contribution in [2.24, 2.45) is 5.73 Å². The maximum atomic E-state index is 12.3. The number of rotatable bonds is 6. The van der Waals surface area contributed by atoms with Crippen molar-refractivity contribution in [1.29, 1.82) is 0 Å². The number of amides is 1. The van der Waals surface area contributed by atoms with E-state index in [4.69, 9.17) is 5.73 Å². The van der Waals surface area contributed by atoms with Crippen LogP contribution in [0, 0.1) is 0 Å². The van der Waals surface area contributed by atoms with Gasteiger partial charge in [0.15, 0.2) is 5.78 Å². The van der Waals surface area contributed by atoms with E-state index in [2.05, 4.69) is 10.2 Å². The number of hydrogen-bond donors (Lipinski definition) is 3. The minimum Gasteiger partial charge on any atom is -0.392 e. The van der Waals surface area contributed by atoms with E-state index in [1.54, 1.807) is 0 Å². The second-order valence-electron chi connectivity index (χ2n) is 7.91. The van der Waals surface area contributed by atoms with Crippen molar-refractivity contribution in [2.75, 3.05) is 18.4 Å². The number of ketones is 1. The first-order valence-electron chi connectivity index (χ1n) is 10.2. The summed E-state index contributed by atoms with van der Waals surface area (Å²) in [6, 6.07) is 13.3. The zero-order chi connectivity index (χ0) is 20.4. The zero-order valence-corrected chi connectivity index (χ0v) is 16.4. The van der Waals surface area contributed by atoms with Gasteiger partial charge < -0.3 is 16.2 Å². The number of likely N-dealkylation sites (tertiary alicyclic amines) is 1. The van der Waals surface area contributed by atoms with Crippen molar-refractivity contribution in [1.82, 2.24) is 4.90 Å². The van der Waals surface area contributed by atoms with Gasteiger partial charge in [-0.3, -0.25) is 14.5 Å². The maximum Gasteiger partial charge on any atom is 0.239 e. The molecule has 1 atom stereocenters. The van der Waals surface area contributed by atoms with Gasteiger partial charge in [-0.05, 0) is 36.5 Å². The van der Waals surface area contributed by atoms with Crippen molar-refractivity contribution in [3.63, 3.8) is 0 Å². The molecule has 1 amide bonds. The normalized spacial score (nSPS) is 18.4. The molecule has 0 saturated carbocycles. The molecule has 1 aliphatic heterocycles. The Kier molecular flexibility index (Phi) is 5.65. The molecule has 1 aliphatic carbocycles. The van der Waals surface area contributed by atoms with Crippen LogP contribution >= 0.6 is 0 Å². The number of aryl methyl sites for hydroxylation is 1. The number of aliphatic hydroxyl groups is 1. The summed E-state index contributed by atoms with van der Waals surface area (Å²) in [6.45, 7) is 1.51. The quantitative estimate of drug-likeness (QED) is 0.700. The summed E-state index contributed by atoms with van der Waals surface area (Å²) < 4.78 is 0. The average Bonchev–Trinajstić information content (AvgIpc) is 3.10. The molecule has 4 rings (SSSR count). The number of nitrogens with one attached hydrogen (secondary N) is 1. The SMILES string of the molecule is NC(=O)C(c1ccc2c(c1)CCC2=O)N1CCC(Nc2ccccc2CO)CC1. The monoisotopic (exact) mass is 393 g/mol. The van der Waals surface area contributed by atoms with Crippen LogP contribution in [0.25, 0.3) is 0 Å². The Morgan fingerprint density at radius 2 is 1.93 bits per heavy atom. The van der Waals surface area contributed by atoms with Crippen molar-refractivity contribution in [2.45, 2.75) is 44.4 Å². The van der Waals surface area contributed by atoms with Gasteiger partial charge in [-0.15, -0.1) is 0 Å². The van der Waals surface area contributed by atoms with Crippen LogP contribution in [0.3, 0.4) is 0 Å². The first-order chi connectivity index (χ1) is 14.1. The van der Waals surface area contributed by atoms with Crippen LogP contribution in [0.15, 0.2) is 42.5 Å². The number of hydrogen-bond acceptors (Lipinski definition) is 5. The molecule has 6 heteroatoms. The van der Waals surface area contributed by atoms with E-state index in [1.165, 1.54) is 0 Å². The van der Waals surface area contributed by atoms with Crippen LogP contribution < -0.4 is 11.1 Å². The number of fused-ring (bicyclic) bond motifs is 1. The molecule has 2 aliphatic rings. The van der Waals surface area contributed by atoms with Gasteiger partial charge in [0.2, 0.25) is 5.91 Å². The van der Waals surface area contributed by atoms with Gasteiger partial charge in [0.05, 0.1) is 6.61 Å². The third kappa shape index (κ3) is 4.04. The molecule has 0 radical (unpaired) electrons. The molecule has 0 spiro atoms. The van der Waals surface area contributed by atoms with Gasteiger partial charge in [0.1, 0.15) is 6.04 Å². The fourth-order valence-electron chi connectivity index (χ4n) is 4.52. The van der Waals surface area contributed by atoms with E-state index in [1.807, 2.05) is 42.5 Å². The summed E-state index contributed by atoms with van der Waals surface area (Å²) in [5, 5.41) is 13.0. The van der Waals surface area contributed by atoms with Crippen LogP contribution in [-0.4, -0.2) is 40.8 Å². The Balaban J connectivity index is 1.44. The average molecular weight is 393 g/mol. The number of piperidine rings is 1. The molecule has 1 saturated heterocycles. The first-order valence-corrected chi connectivity index (χ1v) is 10.2. The molecule has 152 valence electrons. The van der Waals surface area contributed by atoms with Crippen molar-refractivity contribution >= 4 is 17.4 Å². The Bertz CT molecular complexity index is 919. The van der Waals surface area contributed by atoms with Crippen LogP contribution in [0.5, 0.6) is 0 Å². The summed E-state index contributed by atoms with van der Waals surface area (Å²) in [5.74, 6) is -0.177. The molecule has 6 nitrogen and oxygen atoms in total. The predicted molar refractivity (Wildman–Crippen MR) is 112 cm³/mol. The predicted octanol–water partition coefficient (Wildman–Crippen LogP) is 2.41. The van der Waals surface area contributed by atoms with Gasteiger partial charge in [0.25, 0.3) is 0 Å². The highest BCUT2D eigenvalue weighted by Gasteiger charge is 2.31. The standard InChI is InChI=1S/C23H27N3O3/c24-23(29)22(16-5-7-19-15(13-16)6-8-21(19)28)26-11-9-18(10-12-26)25-20-4-2-1-3-17(20)14-27/h1-5,7,13,18,22,25,27H,6,8-12,14H2,(H2,24,29). The fraction of sp³-hybridized carbons (Fsp3) is 0.391. The molecule has 2 aromatic carbocycles. The lowest BCUT2D eigenvalue weighted by atomic mass is 9.96. The minimum absolute atomic E-state index is 0.00655. The summed E-state index contributed by atoms with van der Waals surface area (Å²) in [6.07, 6.45) is 3.05. The van der Waals surface area contributed by atoms with Crippen LogP contribution in [-0.2, 0) is 17.8 Å². The van der Waals surface area contributed by atoms with Crippen LogP contribution in [0.2, 0.25) is 0 Å². The Hall–Kier alpha value is -2.70. The first kappa shape index (κ1) is 19.6. The third-order valence-electron chi connectivity index (χ3n) is 6.08. The zero-order valence-electron chi connectivity index (χ0n) is 16.4. The summed E-state index contributed by atoms with van der Waals surface area (Å²) in [5.41, 5.74) is 10.3. The number of primary amides is 1. The van der Waals surface area contributed by atoms with E-state index in [-0.39, 0.29) is 24.3 Å². The molecule has 2 aromatic rings. The molecule has 1 unspecified atom stereocenters. The number of para-hydroxylation sites is 1. The highest BCUT2D eigenvalue weighted by atomic mass is 16.3. The highest BCUT2D eigenvalue weighted by molar-refractivity contribution is 6.00. The number of nitrogens with two attached hydrogens (primary N) is 1. The number of anilines is 1. The Labute approximate surface area is 170 Å². The summed E-state index contributed by atoms with van der Waals surface area (Å²) in [4.78, 5) is 26.3. The van der Waals surface area contributed by atoms with E-state index < -0.39 is 6.04 Å². The molecule has 0 bridgehead atoms. The van der Waals surface area contributed by atoms with Gasteiger partial charge in [-0.1, -0.05) is 36.4 Å². The summed E-state index contributed by atoms with van der Waals surface area (Å²) in [7, 11) is 0. The Morgan fingerprint density at radius 1 is 1.17 bits per heavy atom. The minimum atomic E-state index is -0.471. The molecule has 29 heavy (non-hydrogen) atoms. The summed E-state index contributed by atoms with van der Waals surface area (Å²) >= 11 is 0. The second kappa shape index (κ2) is 8.35. The number of benzene rings is 2. The number of nitrogens with zero attached hydrogens (tertiary/aromatic N) is 1. The van der Waals surface area contributed by atoms with Crippen LogP contribution in [0.1, 0.15) is 52.4 Å². The number of carbonyl (C=O) groups is 2. The number of Topliss-reactive ketones (excluding diaryl/α,β-unsaturated/α-hetero) is 1. The number of aliphatic hydroxyl groups excluding tert-OH is 1. The van der Waals surface area contributed by atoms with Crippen molar-refractivity contribution < 1.29 is 14.7 Å². The lowest BCUT2D eigenvalue weighted by molar-refractivity contribution is -0.123. The van der Waals surface area contributed by atoms with Crippen molar-refractivity contribution in [3.8, 4) is 0 Å². The van der Waals surface area contributed by atoms with Gasteiger partial charge in [-0.2, -0.15) is 0 Å². The van der Waals surface area contributed by atoms with Gasteiger partial charge in [-0.25, -0.2) is 0 Å². The fourth-order valence-corrected chi connectivity index (χ4v) is 4.52. The van der Waals surface area contributed by atoms with Crippen LogP contribution in [0.4, 0.5) is 5.69 Å². The highest BCUT2D eigenvalue weighted by Crippen LogP contribution is 2.30. The Morgan fingerprint density at radius 3 is 2.66 bits per heavy atom. The molecule has 0 aromatic heterocycles. The molecule has 4 N–H and O–H groups in total.